The predicted molar refractivity (Wildman–Crippen MR) is 78.3 cm³/mol. The highest BCUT2D eigenvalue weighted by molar-refractivity contribution is 9.10. The summed E-state index contributed by atoms with van der Waals surface area (Å²) in [6.07, 6.45) is 0. The highest BCUT2D eigenvalue weighted by Gasteiger charge is 2.11. The lowest BCUT2D eigenvalue weighted by molar-refractivity contribution is 0.439. The number of benzene rings is 2. The van der Waals surface area contributed by atoms with Gasteiger partial charge in [0.2, 0.25) is 0 Å². The molecule has 0 amide bonds. The van der Waals surface area contributed by atoms with Gasteiger partial charge in [-0.2, -0.15) is 0 Å². The summed E-state index contributed by atoms with van der Waals surface area (Å²) in [7, 11) is 0. The summed E-state index contributed by atoms with van der Waals surface area (Å²) in [6.45, 7) is 0. The molecule has 0 N–H and O–H groups in total. The first-order valence-corrected chi connectivity index (χ1v) is 7.37. The fraction of sp³-hybridized carbons (Fsp3) is 0.0769. The third-order valence-corrected chi connectivity index (χ3v) is 3.69. The summed E-state index contributed by atoms with van der Waals surface area (Å²) in [5.74, 6) is 0.176. The van der Waals surface area contributed by atoms with Crippen LogP contribution >= 0.6 is 43.5 Å². The van der Waals surface area contributed by atoms with Crippen LogP contribution in [0.2, 0.25) is 5.02 Å². The molecule has 18 heavy (non-hydrogen) atoms. The Morgan fingerprint density at radius 1 is 1.22 bits per heavy atom. The first kappa shape index (κ1) is 13.8. The Hall–Kier alpha value is -0.580. The van der Waals surface area contributed by atoms with Crippen LogP contribution in [0.4, 0.5) is 4.39 Å². The van der Waals surface area contributed by atoms with E-state index >= 15 is 0 Å². The monoisotopic (exact) mass is 392 g/mol. The summed E-state index contributed by atoms with van der Waals surface area (Å²) in [4.78, 5) is 0. The first-order chi connectivity index (χ1) is 8.61. The van der Waals surface area contributed by atoms with E-state index in [1.54, 1.807) is 18.2 Å². The predicted octanol–water partition coefficient (Wildman–Crippen LogP) is 5.93. The highest BCUT2D eigenvalue weighted by atomic mass is 79.9. The highest BCUT2D eigenvalue weighted by Crippen LogP contribution is 2.35. The summed E-state index contributed by atoms with van der Waals surface area (Å²) in [6, 6.07) is 10.0. The summed E-state index contributed by atoms with van der Waals surface area (Å²) in [5, 5.41) is 1.04. The van der Waals surface area contributed by atoms with Crippen molar-refractivity contribution in [3.05, 3.63) is 57.3 Å². The number of halogens is 4. The Balaban J connectivity index is 2.39. The van der Waals surface area contributed by atoms with Gasteiger partial charge in [0.1, 0.15) is 5.75 Å². The molecule has 0 saturated carbocycles. The van der Waals surface area contributed by atoms with Crippen molar-refractivity contribution in [2.75, 3.05) is 0 Å². The van der Waals surface area contributed by atoms with Gasteiger partial charge in [-0.1, -0.05) is 55.6 Å². The maximum atomic E-state index is 13.7. The van der Waals surface area contributed by atoms with E-state index in [1.165, 1.54) is 6.07 Å². The SMILES string of the molecule is Fc1cc(Br)ccc1Oc1c(Cl)cccc1CBr. The molecule has 0 saturated heterocycles. The quantitative estimate of drug-likeness (QED) is 0.587. The van der Waals surface area contributed by atoms with E-state index in [2.05, 4.69) is 31.9 Å². The van der Waals surface area contributed by atoms with Crippen molar-refractivity contribution < 1.29 is 9.13 Å². The second kappa shape index (κ2) is 6.04. The Kier molecular flexibility index (Phi) is 4.65. The minimum Gasteiger partial charge on any atom is -0.452 e. The van der Waals surface area contributed by atoms with Gasteiger partial charge in [-0.25, -0.2) is 4.39 Å². The van der Waals surface area contributed by atoms with Crippen molar-refractivity contribution in [2.45, 2.75) is 5.33 Å². The van der Waals surface area contributed by atoms with Gasteiger partial charge in [-0.3, -0.25) is 0 Å². The van der Waals surface area contributed by atoms with Crippen LogP contribution in [0.5, 0.6) is 11.5 Å². The van der Waals surface area contributed by atoms with E-state index < -0.39 is 5.82 Å². The van der Waals surface area contributed by atoms with E-state index in [1.807, 2.05) is 12.1 Å². The van der Waals surface area contributed by atoms with Gasteiger partial charge in [0.15, 0.2) is 11.6 Å². The number of para-hydroxylation sites is 1. The maximum absolute atomic E-state index is 13.7. The van der Waals surface area contributed by atoms with Crippen molar-refractivity contribution in [3.8, 4) is 11.5 Å². The van der Waals surface area contributed by atoms with E-state index in [9.17, 15) is 4.39 Å². The van der Waals surface area contributed by atoms with Crippen LogP contribution in [0.1, 0.15) is 5.56 Å². The van der Waals surface area contributed by atoms with Crippen LogP contribution < -0.4 is 4.74 Å². The third kappa shape index (κ3) is 3.05. The van der Waals surface area contributed by atoms with Gasteiger partial charge in [0, 0.05) is 15.4 Å². The zero-order valence-corrected chi connectivity index (χ0v) is 13.0. The average molecular weight is 394 g/mol. The zero-order valence-electron chi connectivity index (χ0n) is 9.09. The van der Waals surface area contributed by atoms with Crippen LogP contribution in [-0.4, -0.2) is 0 Å². The number of ether oxygens (including phenoxy) is 1. The largest absolute Gasteiger partial charge is 0.452 e. The molecule has 2 rings (SSSR count). The third-order valence-electron chi connectivity index (χ3n) is 2.30. The Morgan fingerprint density at radius 2 is 2.00 bits per heavy atom. The van der Waals surface area contributed by atoms with Crippen LogP contribution in [0.15, 0.2) is 40.9 Å². The van der Waals surface area contributed by atoms with E-state index in [4.69, 9.17) is 16.3 Å². The van der Waals surface area contributed by atoms with Crippen LogP contribution in [-0.2, 0) is 5.33 Å². The van der Waals surface area contributed by atoms with Crippen LogP contribution in [0, 0.1) is 5.82 Å². The molecule has 0 aliphatic rings. The van der Waals surface area contributed by atoms with E-state index in [0.717, 1.165) is 5.56 Å². The van der Waals surface area contributed by atoms with Gasteiger partial charge in [0.25, 0.3) is 0 Å². The summed E-state index contributed by atoms with van der Waals surface area (Å²) >= 11 is 12.6. The lowest BCUT2D eigenvalue weighted by Gasteiger charge is -2.12. The molecule has 0 unspecified atom stereocenters. The van der Waals surface area contributed by atoms with Crippen molar-refractivity contribution in [1.29, 1.82) is 0 Å². The molecule has 0 bridgehead atoms. The standard InChI is InChI=1S/C13H8Br2ClFO/c14-7-8-2-1-3-10(16)13(8)18-12-5-4-9(15)6-11(12)17/h1-6H,7H2. The fourth-order valence-corrected chi connectivity index (χ4v) is 2.45. The Labute approximate surface area is 126 Å². The number of hydrogen-bond donors (Lipinski definition) is 0. The molecular formula is C13H8Br2ClFO. The van der Waals surface area contributed by atoms with Crippen LogP contribution in [0.3, 0.4) is 0 Å². The Morgan fingerprint density at radius 3 is 2.67 bits per heavy atom. The molecule has 0 fully saturated rings. The fourth-order valence-electron chi connectivity index (χ4n) is 1.44. The van der Waals surface area contributed by atoms with Crippen molar-refractivity contribution >= 4 is 43.5 Å². The molecule has 0 aliphatic carbocycles. The normalized spacial score (nSPS) is 10.4. The smallest absolute Gasteiger partial charge is 0.166 e. The topological polar surface area (TPSA) is 9.23 Å². The number of alkyl halides is 1. The molecule has 0 atom stereocenters. The number of rotatable bonds is 3. The molecule has 2 aromatic rings. The van der Waals surface area contributed by atoms with Gasteiger partial charge < -0.3 is 4.74 Å². The minimum atomic E-state index is -0.440. The molecule has 1 nitrogen and oxygen atoms in total. The lowest BCUT2D eigenvalue weighted by Crippen LogP contribution is -1.93. The first-order valence-electron chi connectivity index (χ1n) is 5.08. The summed E-state index contributed by atoms with van der Waals surface area (Å²) < 4.78 is 19.9. The van der Waals surface area contributed by atoms with E-state index in [0.29, 0.717) is 20.6 Å². The average Bonchev–Trinajstić information content (AvgIpc) is 2.34. The summed E-state index contributed by atoms with van der Waals surface area (Å²) in [5.41, 5.74) is 0.866. The molecular weight excluding hydrogens is 386 g/mol. The maximum Gasteiger partial charge on any atom is 0.166 e. The van der Waals surface area contributed by atoms with Gasteiger partial charge in [-0.05, 0) is 24.3 Å². The molecule has 5 heteroatoms. The minimum absolute atomic E-state index is 0.147. The second-order valence-corrected chi connectivity index (χ2v) is 5.42. The van der Waals surface area contributed by atoms with Gasteiger partial charge in [0.05, 0.1) is 5.02 Å². The second-order valence-electron chi connectivity index (χ2n) is 3.54. The van der Waals surface area contributed by atoms with Crippen molar-refractivity contribution in [1.82, 2.24) is 0 Å². The molecule has 0 spiro atoms. The molecule has 0 heterocycles. The molecule has 0 radical (unpaired) electrons. The Bertz CT molecular complexity index is 575. The van der Waals surface area contributed by atoms with Crippen molar-refractivity contribution in [2.24, 2.45) is 0 Å². The lowest BCUT2D eigenvalue weighted by atomic mass is 10.2. The van der Waals surface area contributed by atoms with Crippen molar-refractivity contribution in [3.63, 3.8) is 0 Å². The van der Waals surface area contributed by atoms with Gasteiger partial charge in [-0.15, -0.1) is 0 Å². The molecule has 0 aliphatic heterocycles. The zero-order chi connectivity index (χ0) is 13.1. The van der Waals surface area contributed by atoms with E-state index in [-0.39, 0.29) is 5.75 Å². The van der Waals surface area contributed by atoms with Gasteiger partial charge >= 0.3 is 0 Å². The molecule has 2 aromatic carbocycles. The molecule has 94 valence electrons. The number of hydrogen-bond acceptors (Lipinski definition) is 1. The van der Waals surface area contributed by atoms with Crippen LogP contribution in [0.25, 0.3) is 0 Å². The molecule has 0 aromatic heterocycles.